The second-order valence-corrected chi connectivity index (χ2v) is 6.23. The van der Waals surface area contributed by atoms with Gasteiger partial charge < -0.3 is 14.8 Å². The predicted octanol–water partition coefficient (Wildman–Crippen LogP) is 4.62. The fourth-order valence-electron chi connectivity index (χ4n) is 2.21. The molecular weight excluding hydrogens is 350 g/mol. The second kappa shape index (κ2) is 7.82. The van der Waals surface area contributed by atoms with Gasteiger partial charge in [-0.05, 0) is 66.0 Å². The minimum absolute atomic E-state index is 0.134. The molecule has 114 valence electrons. The molecule has 0 spiro atoms. The van der Waals surface area contributed by atoms with Crippen molar-refractivity contribution in [2.45, 2.75) is 19.9 Å². The molecule has 3 nitrogen and oxygen atoms in total. The molecule has 0 fully saturated rings. The number of hydrogen-bond donors (Lipinski definition) is 1. The topological polar surface area (TPSA) is 30.5 Å². The van der Waals surface area contributed by atoms with E-state index in [9.17, 15) is 0 Å². The highest BCUT2D eigenvalue weighted by molar-refractivity contribution is 9.10. The van der Waals surface area contributed by atoms with Crippen LogP contribution in [0.3, 0.4) is 0 Å². The molecule has 1 aromatic heterocycles. The molecule has 1 N–H and O–H groups in total. The summed E-state index contributed by atoms with van der Waals surface area (Å²) in [7, 11) is 1.97. The Bertz CT molecular complexity index is 585. The highest BCUT2D eigenvalue weighted by atomic mass is 79.9. The zero-order valence-electron chi connectivity index (χ0n) is 12.5. The van der Waals surface area contributed by atoms with Crippen LogP contribution < -0.4 is 14.8 Å². The minimum Gasteiger partial charge on any atom is -0.490 e. The highest BCUT2D eigenvalue weighted by Gasteiger charge is 2.18. The van der Waals surface area contributed by atoms with Gasteiger partial charge in [-0.2, -0.15) is 0 Å². The maximum absolute atomic E-state index is 5.71. The van der Waals surface area contributed by atoms with Gasteiger partial charge in [0.2, 0.25) is 0 Å². The molecule has 0 radical (unpaired) electrons. The van der Waals surface area contributed by atoms with E-state index in [1.807, 2.05) is 27.0 Å². The maximum Gasteiger partial charge on any atom is 0.161 e. The Morgan fingerprint density at radius 1 is 1.14 bits per heavy atom. The van der Waals surface area contributed by atoms with E-state index in [1.54, 1.807) is 11.3 Å². The Morgan fingerprint density at radius 2 is 1.86 bits per heavy atom. The average molecular weight is 370 g/mol. The van der Waals surface area contributed by atoms with Gasteiger partial charge in [-0.25, -0.2) is 0 Å². The summed E-state index contributed by atoms with van der Waals surface area (Å²) in [5, 5.41) is 5.45. The van der Waals surface area contributed by atoms with Gasteiger partial charge in [-0.15, -0.1) is 11.3 Å². The number of hydrogen-bond acceptors (Lipinski definition) is 4. The van der Waals surface area contributed by atoms with Crippen molar-refractivity contribution < 1.29 is 9.47 Å². The first-order valence-corrected chi connectivity index (χ1v) is 8.68. The van der Waals surface area contributed by atoms with Gasteiger partial charge in [-0.3, -0.25) is 0 Å². The largest absolute Gasteiger partial charge is 0.490 e. The number of benzene rings is 1. The number of nitrogens with one attached hydrogen (secondary N) is 1. The number of rotatable bonds is 7. The summed E-state index contributed by atoms with van der Waals surface area (Å²) in [4.78, 5) is 1.25. The third-order valence-electron chi connectivity index (χ3n) is 3.10. The lowest BCUT2D eigenvalue weighted by atomic mass is 10.0. The van der Waals surface area contributed by atoms with Crippen LogP contribution in [0.5, 0.6) is 11.5 Å². The standard InChI is InChI=1S/C16H20BrNO2S/c1-4-19-13-7-6-11(10-14(13)20-5-2)15(18-3)16-12(17)8-9-21-16/h6-10,15,18H,4-5H2,1-3H3. The predicted molar refractivity (Wildman–Crippen MR) is 91.7 cm³/mol. The Kier molecular flexibility index (Phi) is 6.08. The van der Waals surface area contributed by atoms with Gasteiger partial charge in [0.1, 0.15) is 0 Å². The molecule has 1 atom stereocenters. The van der Waals surface area contributed by atoms with Crippen molar-refractivity contribution >= 4 is 27.3 Å². The van der Waals surface area contributed by atoms with E-state index >= 15 is 0 Å². The third kappa shape index (κ3) is 3.78. The Balaban J connectivity index is 2.38. The van der Waals surface area contributed by atoms with E-state index in [4.69, 9.17) is 9.47 Å². The number of ether oxygens (including phenoxy) is 2. The molecule has 1 heterocycles. The molecule has 0 aliphatic carbocycles. The summed E-state index contributed by atoms with van der Waals surface area (Å²) < 4.78 is 12.5. The summed E-state index contributed by atoms with van der Waals surface area (Å²) in [6.07, 6.45) is 0. The molecule has 0 saturated heterocycles. The van der Waals surface area contributed by atoms with E-state index < -0.39 is 0 Å². The van der Waals surface area contributed by atoms with Crippen LogP contribution in [-0.2, 0) is 0 Å². The Hall–Kier alpha value is -1.04. The van der Waals surface area contributed by atoms with Gasteiger partial charge in [0.25, 0.3) is 0 Å². The molecule has 21 heavy (non-hydrogen) atoms. The molecule has 0 amide bonds. The molecule has 2 aromatic rings. The second-order valence-electron chi connectivity index (χ2n) is 4.43. The Labute approximate surface area is 138 Å². The van der Waals surface area contributed by atoms with Crippen molar-refractivity contribution in [3.63, 3.8) is 0 Å². The van der Waals surface area contributed by atoms with Crippen LogP contribution in [-0.4, -0.2) is 20.3 Å². The monoisotopic (exact) mass is 369 g/mol. The smallest absolute Gasteiger partial charge is 0.161 e. The summed E-state index contributed by atoms with van der Waals surface area (Å²) in [6, 6.07) is 8.33. The van der Waals surface area contributed by atoms with Gasteiger partial charge in [0.05, 0.1) is 19.3 Å². The van der Waals surface area contributed by atoms with Crippen LogP contribution in [0.25, 0.3) is 0 Å². The summed E-state index contributed by atoms with van der Waals surface area (Å²) >= 11 is 5.34. The Morgan fingerprint density at radius 3 is 2.43 bits per heavy atom. The summed E-state index contributed by atoms with van der Waals surface area (Å²) in [5.41, 5.74) is 1.16. The molecule has 0 saturated carbocycles. The molecule has 2 rings (SSSR count). The zero-order chi connectivity index (χ0) is 15.2. The van der Waals surface area contributed by atoms with Crippen molar-refractivity contribution in [3.05, 3.63) is 44.6 Å². The van der Waals surface area contributed by atoms with Crippen molar-refractivity contribution in [1.29, 1.82) is 0 Å². The van der Waals surface area contributed by atoms with Crippen LogP contribution in [0.2, 0.25) is 0 Å². The quantitative estimate of drug-likeness (QED) is 0.772. The van der Waals surface area contributed by atoms with E-state index in [2.05, 4.69) is 44.8 Å². The molecule has 0 aliphatic heterocycles. The molecule has 1 unspecified atom stereocenters. The summed E-state index contributed by atoms with van der Waals surface area (Å²) in [5.74, 6) is 1.59. The average Bonchev–Trinajstić information content (AvgIpc) is 2.89. The van der Waals surface area contributed by atoms with Crippen LogP contribution in [0.4, 0.5) is 0 Å². The normalized spacial score (nSPS) is 12.2. The molecule has 0 bridgehead atoms. The lowest BCUT2D eigenvalue weighted by Gasteiger charge is -2.18. The van der Waals surface area contributed by atoms with Gasteiger partial charge >= 0.3 is 0 Å². The summed E-state index contributed by atoms with van der Waals surface area (Å²) in [6.45, 7) is 5.21. The lowest BCUT2D eigenvalue weighted by molar-refractivity contribution is 0.287. The first-order valence-electron chi connectivity index (χ1n) is 7.00. The van der Waals surface area contributed by atoms with Crippen LogP contribution in [0.15, 0.2) is 34.1 Å². The zero-order valence-corrected chi connectivity index (χ0v) is 14.9. The maximum atomic E-state index is 5.71. The van der Waals surface area contributed by atoms with E-state index in [1.165, 1.54) is 4.88 Å². The SMILES string of the molecule is CCOc1ccc(C(NC)c2sccc2Br)cc1OCC. The minimum atomic E-state index is 0.134. The van der Waals surface area contributed by atoms with Crippen molar-refractivity contribution in [1.82, 2.24) is 5.32 Å². The van der Waals surface area contributed by atoms with Gasteiger partial charge in [0.15, 0.2) is 11.5 Å². The third-order valence-corrected chi connectivity index (χ3v) is 5.03. The number of thiophene rings is 1. The lowest BCUT2D eigenvalue weighted by Crippen LogP contribution is -2.17. The molecule has 0 aliphatic rings. The molecule has 1 aromatic carbocycles. The van der Waals surface area contributed by atoms with E-state index in [-0.39, 0.29) is 6.04 Å². The van der Waals surface area contributed by atoms with E-state index in [0.717, 1.165) is 21.5 Å². The van der Waals surface area contributed by atoms with Gasteiger partial charge in [0, 0.05) is 9.35 Å². The highest BCUT2D eigenvalue weighted by Crippen LogP contribution is 2.36. The fraction of sp³-hybridized carbons (Fsp3) is 0.375. The molecular formula is C16H20BrNO2S. The van der Waals surface area contributed by atoms with Gasteiger partial charge in [-0.1, -0.05) is 6.07 Å². The van der Waals surface area contributed by atoms with Crippen molar-refractivity contribution in [2.75, 3.05) is 20.3 Å². The van der Waals surface area contributed by atoms with Crippen molar-refractivity contribution in [3.8, 4) is 11.5 Å². The van der Waals surface area contributed by atoms with Crippen LogP contribution in [0.1, 0.15) is 30.3 Å². The van der Waals surface area contributed by atoms with Crippen LogP contribution in [0, 0.1) is 0 Å². The number of halogens is 1. The fourth-order valence-corrected chi connectivity index (χ4v) is 3.95. The van der Waals surface area contributed by atoms with Crippen molar-refractivity contribution in [2.24, 2.45) is 0 Å². The first kappa shape index (κ1) is 16.3. The first-order chi connectivity index (χ1) is 10.2. The molecule has 5 heteroatoms. The van der Waals surface area contributed by atoms with E-state index in [0.29, 0.717) is 13.2 Å². The van der Waals surface area contributed by atoms with Crippen LogP contribution >= 0.6 is 27.3 Å².